The van der Waals surface area contributed by atoms with Crippen molar-refractivity contribution in [2.24, 2.45) is 5.92 Å². The van der Waals surface area contributed by atoms with Gasteiger partial charge >= 0.3 is 0 Å². The third kappa shape index (κ3) is 2.40. The van der Waals surface area contributed by atoms with Crippen molar-refractivity contribution in [3.05, 3.63) is 28.2 Å². The van der Waals surface area contributed by atoms with Crippen molar-refractivity contribution < 1.29 is 0 Å². The van der Waals surface area contributed by atoms with Gasteiger partial charge in [-0.15, -0.1) is 0 Å². The van der Waals surface area contributed by atoms with Crippen LogP contribution in [-0.2, 0) is 0 Å². The monoisotopic (exact) mass is 270 g/mol. The number of rotatable bonds is 2. The summed E-state index contributed by atoms with van der Waals surface area (Å²) in [7, 11) is 0. The molecule has 0 aromatic heterocycles. The Morgan fingerprint density at radius 3 is 2.88 bits per heavy atom. The van der Waals surface area contributed by atoms with Crippen molar-refractivity contribution in [1.29, 1.82) is 0 Å². The average Bonchev–Trinajstić information content (AvgIpc) is 2.70. The van der Waals surface area contributed by atoms with Gasteiger partial charge in [-0.3, -0.25) is 0 Å². The van der Waals surface area contributed by atoms with Crippen molar-refractivity contribution >= 4 is 28.9 Å². The first kappa shape index (κ1) is 11.6. The van der Waals surface area contributed by atoms with E-state index in [1.54, 1.807) is 0 Å². The maximum absolute atomic E-state index is 6.19. The second-order valence-corrected chi connectivity index (χ2v) is 5.86. The van der Waals surface area contributed by atoms with Gasteiger partial charge in [0.1, 0.15) is 0 Å². The highest BCUT2D eigenvalue weighted by molar-refractivity contribution is 6.35. The van der Waals surface area contributed by atoms with Crippen LogP contribution in [0.15, 0.2) is 18.2 Å². The highest BCUT2D eigenvalue weighted by Gasteiger charge is 2.34. The van der Waals surface area contributed by atoms with E-state index in [-0.39, 0.29) is 0 Å². The van der Waals surface area contributed by atoms with Crippen LogP contribution >= 0.6 is 23.2 Å². The van der Waals surface area contributed by atoms with Crippen molar-refractivity contribution in [1.82, 2.24) is 4.90 Å². The van der Waals surface area contributed by atoms with Gasteiger partial charge in [0.15, 0.2) is 0 Å². The molecule has 0 aliphatic carbocycles. The van der Waals surface area contributed by atoms with E-state index in [1.807, 2.05) is 18.2 Å². The molecule has 2 aliphatic rings. The average molecular weight is 271 g/mol. The number of hydrogen-bond acceptors (Lipinski definition) is 2. The highest BCUT2D eigenvalue weighted by atomic mass is 35.5. The van der Waals surface area contributed by atoms with Crippen molar-refractivity contribution in [2.45, 2.75) is 18.9 Å². The molecule has 1 N–H and O–H groups in total. The molecule has 92 valence electrons. The minimum atomic E-state index is 0.546. The lowest BCUT2D eigenvalue weighted by atomic mass is 9.94. The number of benzene rings is 1. The first-order valence-electron chi connectivity index (χ1n) is 6.16. The smallest absolute Gasteiger partial charge is 0.0638 e. The summed E-state index contributed by atoms with van der Waals surface area (Å²) in [6.07, 6.45) is 2.50. The maximum Gasteiger partial charge on any atom is 0.0638 e. The van der Waals surface area contributed by atoms with Gasteiger partial charge in [0, 0.05) is 24.2 Å². The SMILES string of the molecule is Clc1ccc(Cl)c(NC2CCN3CCC2C3)c1. The predicted octanol–water partition coefficient (Wildman–Crippen LogP) is 3.50. The van der Waals surface area contributed by atoms with E-state index in [0.717, 1.165) is 21.7 Å². The van der Waals surface area contributed by atoms with E-state index in [9.17, 15) is 0 Å². The number of fused-ring (bicyclic) bond motifs is 2. The highest BCUT2D eigenvalue weighted by Crippen LogP contribution is 2.32. The molecule has 1 aromatic carbocycles. The topological polar surface area (TPSA) is 15.3 Å². The fourth-order valence-corrected chi connectivity index (χ4v) is 3.29. The van der Waals surface area contributed by atoms with E-state index < -0.39 is 0 Å². The number of halogens is 2. The lowest BCUT2D eigenvalue weighted by Crippen LogP contribution is -2.39. The Bertz CT molecular complexity index is 422. The Balaban J connectivity index is 1.75. The Hall–Kier alpha value is -0.440. The molecule has 2 fully saturated rings. The summed E-state index contributed by atoms with van der Waals surface area (Å²) in [6, 6.07) is 6.15. The third-order valence-electron chi connectivity index (χ3n) is 3.90. The lowest BCUT2D eigenvalue weighted by Gasteiger charge is -2.32. The van der Waals surface area contributed by atoms with Gasteiger partial charge in [-0.25, -0.2) is 0 Å². The minimum Gasteiger partial charge on any atom is -0.381 e. The van der Waals surface area contributed by atoms with Gasteiger partial charge in [0.05, 0.1) is 10.7 Å². The second kappa shape index (κ2) is 4.68. The van der Waals surface area contributed by atoms with Crippen molar-refractivity contribution in [3.63, 3.8) is 0 Å². The quantitative estimate of drug-likeness (QED) is 0.885. The van der Waals surface area contributed by atoms with Crippen LogP contribution in [0.3, 0.4) is 0 Å². The van der Waals surface area contributed by atoms with E-state index in [1.165, 1.54) is 32.5 Å². The van der Waals surface area contributed by atoms with Crippen LogP contribution in [-0.4, -0.2) is 30.6 Å². The summed E-state index contributed by atoms with van der Waals surface area (Å²) < 4.78 is 0. The molecule has 3 atom stereocenters. The number of nitrogens with zero attached hydrogens (tertiary/aromatic N) is 1. The first-order chi connectivity index (χ1) is 8.22. The molecule has 2 saturated heterocycles. The van der Waals surface area contributed by atoms with Crippen LogP contribution in [0.4, 0.5) is 5.69 Å². The molecule has 1 aromatic rings. The summed E-state index contributed by atoms with van der Waals surface area (Å²) in [5, 5.41) is 5.07. The van der Waals surface area contributed by atoms with Gasteiger partial charge in [0.2, 0.25) is 0 Å². The first-order valence-corrected chi connectivity index (χ1v) is 6.92. The molecule has 0 spiro atoms. The molecule has 2 heterocycles. The lowest BCUT2D eigenvalue weighted by molar-refractivity contribution is 0.255. The van der Waals surface area contributed by atoms with Gasteiger partial charge in [-0.05, 0) is 43.5 Å². The van der Waals surface area contributed by atoms with Crippen LogP contribution in [0.1, 0.15) is 12.8 Å². The Labute approximate surface area is 112 Å². The number of nitrogens with one attached hydrogen (secondary N) is 1. The minimum absolute atomic E-state index is 0.546. The molecule has 2 nitrogen and oxygen atoms in total. The van der Waals surface area contributed by atoms with Gasteiger partial charge in [-0.2, -0.15) is 0 Å². The molecule has 0 saturated carbocycles. The molecule has 0 amide bonds. The van der Waals surface area contributed by atoms with Gasteiger partial charge in [-0.1, -0.05) is 23.2 Å². The van der Waals surface area contributed by atoms with Crippen LogP contribution in [0, 0.1) is 5.92 Å². The molecule has 2 aliphatic heterocycles. The fourth-order valence-electron chi connectivity index (χ4n) is 2.95. The fraction of sp³-hybridized carbons (Fsp3) is 0.538. The molecule has 4 heteroatoms. The zero-order valence-electron chi connectivity index (χ0n) is 9.63. The summed E-state index contributed by atoms with van der Waals surface area (Å²) in [5.74, 6) is 0.763. The molecular weight excluding hydrogens is 255 g/mol. The Kier molecular flexibility index (Phi) is 3.20. The summed E-state index contributed by atoms with van der Waals surface area (Å²) >= 11 is 12.2. The van der Waals surface area contributed by atoms with E-state index in [4.69, 9.17) is 23.2 Å². The Morgan fingerprint density at radius 2 is 2.00 bits per heavy atom. The van der Waals surface area contributed by atoms with Crippen molar-refractivity contribution in [3.8, 4) is 0 Å². The zero-order chi connectivity index (χ0) is 11.8. The Morgan fingerprint density at radius 1 is 1.18 bits per heavy atom. The second-order valence-electron chi connectivity index (χ2n) is 5.01. The van der Waals surface area contributed by atoms with Crippen LogP contribution in [0.5, 0.6) is 0 Å². The molecule has 17 heavy (non-hydrogen) atoms. The summed E-state index contributed by atoms with van der Waals surface area (Å²) in [6.45, 7) is 3.69. The molecule has 2 bridgehead atoms. The standard InChI is InChI=1S/C13H16Cl2N2/c14-10-1-2-11(15)13(7-10)16-12-4-6-17-5-3-9(12)8-17/h1-2,7,9,12,16H,3-6,8H2. The van der Waals surface area contributed by atoms with E-state index in [0.29, 0.717) is 6.04 Å². The molecular formula is C13H16Cl2N2. The molecule has 0 radical (unpaired) electrons. The van der Waals surface area contributed by atoms with Crippen LogP contribution in [0.25, 0.3) is 0 Å². The van der Waals surface area contributed by atoms with E-state index >= 15 is 0 Å². The zero-order valence-corrected chi connectivity index (χ0v) is 11.1. The summed E-state index contributed by atoms with van der Waals surface area (Å²) in [4.78, 5) is 2.54. The molecule has 3 unspecified atom stereocenters. The molecule has 3 rings (SSSR count). The van der Waals surface area contributed by atoms with E-state index in [2.05, 4.69) is 10.2 Å². The summed E-state index contributed by atoms with van der Waals surface area (Å²) in [5.41, 5.74) is 0.976. The predicted molar refractivity (Wildman–Crippen MR) is 73.0 cm³/mol. The number of anilines is 1. The number of piperidine rings is 1. The third-order valence-corrected chi connectivity index (χ3v) is 4.47. The largest absolute Gasteiger partial charge is 0.381 e. The van der Waals surface area contributed by atoms with Gasteiger partial charge in [0.25, 0.3) is 0 Å². The number of hydrogen-bond donors (Lipinski definition) is 1. The van der Waals surface area contributed by atoms with Crippen molar-refractivity contribution in [2.75, 3.05) is 25.0 Å². The van der Waals surface area contributed by atoms with Gasteiger partial charge < -0.3 is 10.2 Å². The van der Waals surface area contributed by atoms with Crippen LogP contribution in [0.2, 0.25) is 10.0 Å². The normalized spacial score (nSPS) is 31.5. The van der Waals surface area contributed by atoms with Crippen LogP contribution < -0.4 is 5.32 Å². The maximum atomic E-state index is 6.19.